The monoisotopic (exact) mass is 325 g/mol. The Bertz CT molecular complexity index is 957. The maximum Gasteiger partial charge on any atom is 0.261 e. The first-order chi connectivity index (χ1) is 11.5. The standard InChI is InChI=1S/C17H19N5O2/c1-11(14-8-19-21(3)12(14)2)20-16(23)9-22-10-18-15-7-5-4-6-13(15)17(22)24/h4-8,10-11H,9H2,1-3H3,(H,20,23)/t11-/m1/s1. The minimum atomic E-state index is -0.245. The van der Waals surface area contributed by atoms with E-state index >= 15 is 0 Å². The van der Waals surface area contributed by atoms with Gasteiger partial charge >= 0.3 is 0 Å². The number of nitrogens with zero attached hydrogens (tertiary/aromatic N) is 4. The lowest BCUT2D eigenvalue weighted by Gasteiger charge is -2.14. The van der Waals surface area contributed by atoms with E-state index in [0.717, 1.165) is 11.3 Å². The Balaban J connectivity index is 1.77. The average Bonchev–Trinajstić information content (AvgIpc) is 2.90. The maximum absolute atomic E-state index is 12.4. The third kappa shape index (κ3) is 2.92. The second kappa shape index (κ2) is 6.27. The predicted molar refractivity (Wildman–Crippen MR) is 90.5 cm³/mol. The van der Waals surface area contributed by atoms with Crippen molar-refractivity contribution in [3.8, 4) is 0 Å². The van der Waals surface area contributed by atoms with Gasteiger partial charge in [-0.2, -0.15) is 5.10 Å². The van der Waals surface area contributed by atoms with Crippen molar-refractivity contribution in [2.75, 3.05) is 0 Å². The Hall–Kier alpha value is -2.96. The normalized spacial score (nSPS) is 12.3. The second-order valence-electron chi connectivity index (χ2n) is 5.79. The molecule has 2 heterocycles. The Morgan fingerprint density at radius 2 is 2.08 bits per heavy atom. The first-order valence-electron chi connectivity index (χ1n) is 7.69. The quantitative estimate of drug-likeness (QED) is 0.784. The predicted octanol–water partition coefficient (Wildman–Crippen LogP) is 1.32. The molecule has 7 nitrogen and oxygen atoms in total. The Morgan fingerprint density at radius 1 is 1.33 bits per heavy atom. The molecule has 124 valence electrons. The molecule has 0 saturated heterocycles. The van der Waals surface area contributed by atoms with Crippen molar-refractivity contribution in [2.24, 2.45) is 7.05 Å². The van der Waals surface area contributed by atoms with Gasteiger partial charge in [0.25, 0.3) is 5.56 Å². The number of rotatable bonds is 4. The molecule has 1 atom stereocenters. The van der Waals surface area contributed by atoms with Crippen molar-refractivity contribution in [1.29, 1.82) is 0 Å². The van der Waals surface area contributed by atoms with E-state index in [-0.39, 0.29) is 24.1 Å². The number of aryl methyl sites for hydroxylation is 1. The highest BCUT2D eigenvalue weighted by Crippen LogP contribution is 2.15. The fourth-order valence-corrected chi connectivity index (χ4v) is 2.68. The van der Waals surface area contributed by atoms with E-state index < -0.39 is 0 Å². The molecule has 0 unspecified atom stereocenters. The Kier molecular flexibility index (Phi) is 4.16. The largest absolute Gasteiger partial charge is 0.348 e. The number of hydrogen-bond donors (Lipinski definition) is 1. The van der Waals surface area contributed by atoms with Gasteiger partial charge in [0.2, 0.25) is 5.91 Å². The summed E-state index contributed by atoms with van der Waals surface area (Å²) in [6.07, 6.45) is 3.15. The second-order valence-corrected chi connectivity index (χ2v) is 5.79. The van der Waals surface area contributed by atoms with Crippen molar-refractivity contribution < 1.29 is 4.79 Å². The topological polar surface area (TPSA) is 81.8 Å². The van der Waals surface area contributed by atoms with Gasteiger partial charge < -0.3 is 5.32 Å². The first-order valence-corrected chi connectivity index (χ1v) is 7.69. The van der Waals surface area contributed by atoms with Crippen molar-refractivity contribution in [3.63, 3.8) is 0 Å². The van der Waals surface area contributed by atoms with E-state index in [1.165, 1.54) is 10.9 Å². The van der Waals surface area contributed by atoms with E-state index in [9.17, 15) is 9.59 Å². The molecule has 3 rings (SSSR count). The molecule has 0 bridgehead atoms. The smallest absolute Gasteiger partial charge is 0.261 e. The highest BCUT2D eigenvalue weighted by molar-refractivity contribution is 5.79. The fraction of sp³-hybridized carbons (Fsp3) is 0.294. The minimum Gasteiger partial charge on any atom is -0.348 e. The van der Waals surface area contributed by atoms with Crippen molar-refractivity contribution in [3.05, 3.63) is 58.4 Å². The number of amides is 1. The molecular weight excluding hydrogens is 306 g/mol. The summed E-state index contributed by atoms with van der Waals surface area (Å²) in [5, 5.41) is 7.57. The van der Waals surface area contributed by atoms with Gasteiger partial charge in [0.05, 0.1) is 29.5 Å². The summed E-state index contributed by atoms with van der Waals surface area (Å²) < 4.78 is 3.08. The lowest BCUT2D eigenvalue weighted by molar-refractivity contribution is -0.122. The number of aromatic nitrogens is 4. The van der Waals surface area contributed by atoms with Crippen LogP contribution < -0.4 is 10.9 Å². The van der Waals surface area contributed by atoms with Crippen LogP contribution in [0.25, 0.3) is 10.9 Å². The van der Waals surface area contributed by atoms with E-state index in [2.05, 4.69) is 15.4 Å². The number of hydrogen-bond acceptors (Lipinski definition) is 4. The summed E-state index contributed by atoms with van der Waals surface area (Å²) >= 11 is 0. The summed E-state index contributed by atoms with van der Waals surface area (Å²) in [7, 11) is 1.85. The zero-order chi connectivity index (χ0) is 17.3. The van der Waals surface area contributed by atoms with Crippen LogP contribution >= 0.6 is 0 Å². The van der Waals surface area contributed by atoms with Crippen LogP contribution in [0.3, 0.4) is 0 Å². The van der Waals surface area contributed by atoms with Gasteiger partial charge in [0.15, 0.2) is 0 Å². The van der Waals surface area contributed by atoms with Crippen molar-refractivity contribution in [2.45, 2.75) is 26.4 Å². The molecule has 1 amide bonds. The van der Waals surface area contributed by atoms with Gasteiger partial charge in [-0.25, -0.2) is 4.98 Å². The van der Waals surface area contributed by atoms with Crippen LogP contribution in [0.5, 0.6) is 0 Å². The molecule has 2 aromatic heterocycles. The molecule has 0 aliphatic heterocycles. The number of para-hydroxylation sites is 1. The van der Waals surface area contributed by atoms with E-state index in [4.69, 9.17) is 0 Å². The number of benzene rings is 1. The van der Waals surface area contributed by atoms with Crippen molar-refractivity contribution >= 4 is 16.8 Å². The molecule has 3 aromatic rings. The number of carbonyl (C=O) groups is 1. The van der Waals surface area contributed by atoms with Gasteiger partial charge in [0.1, 0.15) is 6.54 Å². The lowest BCUT2D eigenvalue weighted by Crippen LogP contribution is -2.34. The molecule has 7 heteroatoms. The Morgan fingerprint density at radius 3 is 2.79 bits per heavy atom. The summed E-state index contributed by atoms with van der Waals surface area (Å²) in [6, 6.07) is 6.90. The third-order valence-electron chi connectivity index (χ3n) is 4.16. The number of carbonyl (C=O) groups excluding carboxylic acids is 1. The molecule has 1 aromatic carbocycles. The number of fused-ring (bicyclic) bond motifs is 1. The summed E-state index contributed by atoms with van der Waals surface area (Å²) in [4.78, 5) is 28.9. The molecule has 1 N–H and O–H groups in total. The third-order valence-corrected chi connectivity index (χ3v) is 4.16. The molecule has 0 fully saturated rings. The fourth-order valence-electron chi connectivity index (χ4n) is 2.68. The van der Waals surface area contributed by atoms with Crippen molar-refractivity contribution in [1.82, 2.24) is 24.6 Å². The van der Waals surface area contributed by atoms with E-state index in [0.29, 0.717) is 10.9 Å². The first kappa shape index (κ1) is 15.9. The van der Waals surface area contributed by atoms with Crippen LogP contribution in [0.4, 0.5) is 0 Å². The molecular formula is C17H19N5O2. The van der Waals surface area contributed by atoms with Gasteiger partial charge in [-0.3, -0.25) is 18.8 Å². The van der Waals surface area contributed by atoms with Gasteiger partial charge in [0, 0.05) is 18.3 Å². The van der Waals surface area contributed by atoms with Crippen LogP contribution in [0.15, 0.2) is 41.6 Å². The SMILES string of the molecule is Cc1c([C@@H](C)NC(=O)Cn2cnc3ccccc3c2=O)cnn1C. The molecule has 0 spiro atoms. The Labute approximate surface area is 138 Å². The molecule has 0 aliphatic carbocycles. The zero-order valence-corrected chi connectivity index (χ0v) is 13.9. The van der Waals surface area contributed by atoms with Gasteiger partial charge in [-0.05, 0) is 26.0 Å². The van der Waals surface area contributed by atoms with E-state index in [1.54, 1.807) is 29.1 Å². The van der Waals surface area contributed by atoms with Crippen LogP contribution in [0.2, 0.25) is 0 Å². The zero-order valence-electron chi connectivity index (χ0n) is 13.9. The van der Waals surface area contributed by atoms with Gasteiger partial charge in [-0.15, -0.1) is 0 Å². The van der Waals surface area contributed by atoms with Crippen LogP contribution in [-0.4, -0.2) is 25.2 Å². The molecule has 0 saturated carbocycles. The maximum atomic E-state index is 12.4. The van der Waals surface area contributed by atoms with Gasteiger partial charge in [-0.1, -0.05) is 12.1 Å². The summed E-state index contributed by atoms with van der Waals surface area (Å²) in [6.45, 7) is 3.77. The summed E-state index contributed by atoms with van der Waals surface area (Å²) in [5.41, 5.74) is 2.35. The van der Waals surface area contributed by atoms with E-state index in [1.807, 2.05) is 27.0 Å². The highest BCUT2D eigenvalue weighted by atomic mass is 16.2. The average molecular weight is 325 g/mol. The van der Waals surface area contributed by atoms with Crippen LogP contribution in [-0.2, 0) is 18.4 Å². The highest BCUT2D eigenvalue weighted by Gasteiger charge is 2.15. The molecule has 0 radical (unpaired) electrons. The number of nitrogens with one attached hydrogen (secondary N) is 1. The molecule has 0 aliphatic rings. The molecule has 24 heavy (non-hydrogen) atoms. The van der Waals surface area contributed by atoms with Crippen LogP contribution in [0.1, 0.15) is 24.2 Å². The lowest BCUT2D eigenvalue weighted by atomic mass is 10.1. The van der Waals surface area contributed by atoms with Crippen LogP contribution in [0, 0.1) is 6.92 Å². The minimum absolute atomic E-state index is 0.0691. The summed E-state index contributed by atoms with van der Waals surface area (Å²) in [5.74, 6) is -0.245.